The zero-order valence-electron chi connectivity index (χ0n) is 12.9. The number of hydrogen-bond acceptors (Lipinski definition) is 3. The molecule has 2 rings (SSSR count). The highest BCUT2D eigenvalue weighted by Gasteiger charge is 2.13. The molecule has 0 aliphatic carbocycles. The van der Waals surface area contributed by atoms with E-state index in [0.29, 0.717) is 6.42 Å². The summed E-state index contributed by atoms with van der Waals surface area (Å²) in [5.41, 5.74) is 2.50. The molecule has 0 saturated carbocycles. The molecule has 4 heteroatoms. The van der Waals surface area contributed by atoms with Crippen molar-refractivity contribution in [3.63, 3.8) is 0 Å². The minimum Gasteiger partial charge on any atom is -0.488 e. The van der Waals surface area contributed by atoms with Crippen LogP contribution in [0, 0.1) is 6.92 Å². The topological polar surface area (TPSA) is 59.4 Å². The van der Waals surface area contributed by atoms with E-state index in [2.05, 4.69) is 4.98 Å². The van der Waals surface area contributed by atoms with Crippen LogP contribution in [0.5, 0.6) is 5.75 Å². The number of hydrogen-bond donors (Lipinski definition) is 1. The molecule has 0 aliphatic heterocycles. The lowest BCUT2D eigenvalue weighted by Crippen LogP contribution is -2.22. The summed E-state index contributed by atoms with van der Waals surface area (Å²) in [5, 5.41) is 9.84. The summed E-state index contributed by atoms with van der Waals surface area (Å²) >= 11 is 0. The third-order valence-corrected chi connectivity index (χ3v) is 3.03. The van der Waals surface area contributed by atoms with Crippen LogP contribution in [0.15, 0.2) is 24.3 Å². The van der Waals surface area contributed by atoms with Crippen LogP contribution in [-0.2, 0) is 11.2 Å². The van der Waals surface area contributed by atoms with Crippen molar-refractivity contribution in [2.75, 3.05) is 0 Å². The second kappa shape index (κ2) is 5.72. The Morgan fingerprint density at radius 2 is 2.00 bits per heavy atom. The fourth-order valence-electron chi connectivity index (χ4n) is 2.29. The van der Waals surface area contributed by atoms with E-state index in [1.165, 1.54) is 0 Å². The van der Waals surface area contributed by atoms with Crippen LogP contribution in [-0.4, -0.2) is 21.7 Å². The Kier molecular flexibility index (Phi) is 4.16. The third-order valence-electron chi connectivity index (χ3n) is 3.03. The number of carboxylic acid groups (broad SMARTS) is 1. The molecule has 0 aliphatic rings. The van der Waals surface area contributed by atoms with Crippen LogP contribution < -0.4 is 4.74 Å². The Hall–Kier alpha value is -2.10. The first-order valence-corrected chi connectivity index (χ1v) is 7.06. The van der Waals surface area contributed by atoms with Gasteiger partial charge in [-0.25, -0.2) is 0 Å². The molecule has 0 atom stereocenters. The van der Waals surface area contributed by atoms with Crippen molar-refractivity contribution >= 4 is 16.9 Å². The average Bonchev–Trinajstić information content (AvgIpc) is 2.34. The van der Waals surface area contributed by atoms with E-state index in [1.807, 2.05) is 52.0 Å². The molecule has 4 nitrogen and oxygen atoms in total. The number of benzene rings is 1. The van der Waals surface area contributed by atoms with Crippen molar-refractivity contribution in [1.29, 1.82) is 0 Å². The van der Waals surface area contributed by atoms with Crippen LogP contribution in [0.4, 0.5) is 0 Å². The van der Waals surface area contributed by atoms with Gasteiger partial charge in [0.1, 0.15) is 11.4 Å². The first-order chi connectivity index (χ1) is 9.74. The van der Waals surface area contributed by atoms with Crippen molar-refractivity contribution < 1.29 is 14.6 Å². The average molecular weight is 287 g/mol. The normalized spacial score (nSPS) is 11.6. The molecule has 2 aromatic rings. The first kappa shape index (κ1) is 15.3. The van der Waals surface area contributed by atoms with Gasteiger partial charge >= 0.3 is 5.97 Å². The van der Waals surface area contributed by atoms with Crippen LogP contribution in [0.3, 0.4) is 0 Å². The fourth-order valence-corrected chi connectivity index (χ4v) is 2.29. The Morgan fingerprint density at radius 3 is 2.62 bits per heavy atom. The minimum atomic E-state index is -0.792. The summed E-state index contributed by atoms with van der Waals surface area (Å²) in [6.45, 7) is 7.91. The van der Waals surface area contributed by atoms with Gasteiger partial charge in [0.15, 0.2) is 0 Å². The number of aryl methyl sites for hydroxylation is 2. The summed E-state index contributed by atoms with van der Waals surface area (Å²) in [6.07, 6.45) is 0.608. The SMILES string of the molecule is Cc1cc(CCC(=O)O)c2cc(OC(C)(C)C)ccc2n1. The Bertz CT molecular complexity index is 672. The number of rotatable bonds is 4. The molecule has 1 aromatic carbocycles. The Morgan fingerprint density at radius 1 is 1.29 bits per heavy atom. The van der Waals surface area contributed by atoms with Gasteiger partial charge in [-0.05, 0) is 63.9 Å². The van der Waals surface area contributed by atoms with E-state index < -0.39 is 5.97 Å². The molecule has 0 unspecified atom stereocenters. The monoisotopic (exact) mass is 287 g/mol. The molecule has 0 fully saturated rings. The molecule has 21 heavy (non-hydrogen) atoms. The summed E-state index contributed by atoms with van der Waals surface area (Å²) in [5.74, 6) is -0.0167. The highest BCUT2D eigenvalue weighted by atomic mass is 16.5. The second-order valence-electron chi connectivity index (χ2n) is 6.21. The molecule has 0 radical (unpaired) electrons. The number of aliphatic carboxylic acids is 1. The maximum Gasteiger partial charge on any atom is 0.303 e. The number of nitrogens with zero attached hydrogens (tertiary/aromatic N) is 1. The van der Waals surface area contributed by atoms with E-state index in [1.54, 1.807) is 0 Å². The first-order valence-electron chi connectivity index (χ1n) is 7.06. The predicted molar refractivity (Wildman–Crippen MR) is 82.8 cm³/mol. The zero-order chi connectivity index (χ0) is 15.6. The number of carboxylic acids is 1. The quantitative estimate of drug-likeness (QED) is 0.930. The third kappa shape index (κ3) is 4.18. The molecule has 112 valence electrons. The molecule has 1 aromatic heterocycles. The molecule has 0 amide bonds. The van der Waals surface area contributed by atoms with Gasteiger partial charge in [0.05, 0.1) is 5.52 Å². The standard InChI is InChI=1S/C17H21NO3/c1-11-9-12(5-8-16(19)20)14-10-13(21-17(2,3)4)6-7-15(14)18-11/h6-7,9-10H,5,8H2,1-4H3,(H,19,20). The van der Waals surface area contributed by atoms with Gasteiger partial charge in [-0.2, -0.15) is 0 Å². The lowest BCUT2D eigenvalue weighted by atomic mass is 10.0. The molecular weight excluding hydrogens is 266 g/mol. The lowest BCUT2D eigenvalue weighted by molar-refractivity contribution is -0.136. The van der Waals surface area contributed by atoms with E-state index in [4.69, 9.17) is 9.84 Å². The van der Waals surface area contributed by atoms with Gasteiger partial charge in [0.2, 0.25) is 0 Å². The lowest BCUT2D eigenvalue weighted by Gasteiger charge is -2.21. The highest BCUT2D eigenvalue weighted by Crippen LogP contribution is 2.26. The number of fused-ring (bicyclic) bond motifs is 1. The van der Waals surface area contributed by atoms with Gasteiger partial charge < -0.3 is 9.84 Å². The van der Waals surface area contributed by atoms with Crippen LogP contribution in [0.25, 0.3) is 10.9 Å². The van der Waals surface area contributed by atoms with Gasteiger partial charge in [-0.15, -0.1) is 0 Å². The van der Waals surface area contributed by atoms with E-state index in [-0.39, 0.29) is 12.0 Å². The van der Waals surface area contributed by atoms with Gasteiger partial charge in [-0.1, -0.05) is 0 Å². The van der Waals surface area contributed by atoms with E-state index in [0.717, 1.165) is 27.9 Å². The number of carbonyl (C=O) groups is 1. The predicted octanol–water partition coefficient (Wildman–Crippen LogP) is 3.74. The Labute approximate surface area is 124 Å². The van der Waals surface area contributed by atoms with Crippen molar-refractivity contribution in [3.8, 4) is 5.75 Å². The Balaban J connectivity index is 2.45. The zero-order valence-corrected chi connectivity index (χ0v) is 12.9. The highest BCUT2D eigenvalue weighted by molar-refractivity contribution is 5.84. The molecule has 1 N–H and O–H groups in total. The fraction of sp³-hybridized carbons (Fsp3) is 0.412. The maximum absolute atomic E-state index is 10.8. The molecule has 0 bridgehead atoms. The van der Waals surface area contributed by atoms with E-state index >= 15 is 0 Å². The van der Waals surface area contributed by atoms with Crippen molar-refractivity contribution in [2.45, 2.75) is 46.1 Å². The van der Waals surface area contributed by atoms with Gasteiger partial charge in [0, 0.05) is 17.5 Å². The molecule has 0 saturated heterocycles. The smallest absolute Gasteiger partial charge is 0.303 e. The summed E-state index contributed by atoms with van der Waals surface area (Å²) < 4.78 is 5.88. The van der Waals surface area contributed by atoms with E-state index in [9.17, 15) is 4.79 Å². The van der Waals surface area contributed by atoms with Gasteiger partial charge in [0.25, 0.3) is 0 Å². The van der Waals surface area contributed by atoms with Crippen LogP contribution in [0.1, 0.15) is 38.4 Å². The van der Waals surface area contributed by atoms with Crippen LogP contribution in [0.2, 0.25) is 0 Å². The maximum atomic E-state index is 10.8. The summed E-state index contributed by atoms with van der Waals surface area (Å²) in [6, 6.07) is 7.73. The number of pyridine rings is 1. The summed E-state index contributed by atoms with van der Waals surface area (Å²) in [7, 11) is 0. The second-order valence-corrected chi connectivity index (χ2v) is 6.21. The number of ether oxygens (including phenoxy) is 1. The molecule has 0 spiro atoms. The van der Waals surface area contributed by atoms with Crippen molar-refractivity contribution in [2.24, 2.45) is 0 Å². The number of aromatic nitrogens is 1. The molecular formula is C17H21NO3. The minimum absolute atomic E-state index is 0.114. The molecule has 1 heterocycles. The van der Waals surface area contributed by atoms with Gasteiger partial charge in [-0.3, -0.25) is 9.78 Å². The largest absolute Gasteiger partial charge is 0.488 e. The van der Waals surface area contributed by atoms with Crippen molar-refractivity contribution in [1.82, 2.24) is 4.98 Å². The van der Waals surface area contributed by atoms with Crippen molar-refractivity contribution in [3.05, 3.63) is 35.5 Å². The summed E-state index contributed by atoms with van der Waals surface area (Å²) in [4.78, 5) is 15.3. The van der Waals surface area contributed by atoms with Crippen LogP contribution >= 0.6 is 0 Å².